The Hall–Kier alpha value is -3.30. The molecule has 15 heteroatoms. The third-order valence-electron chi connectivity index (χ3n) is 5.26. The fourth-order valence-electron chi connectivity index (χ4n) is 3.21. The van der Waals surface area contributed by atoms with Crippen molar-refractivity contribution < 1.29 is 67.5 Å². The Balaban J connectivity index is 3.12. The highest BCUT2D eigenvalue weighted by atomic mass is 16.7. The van der Waals surface area contributed by atoms with Crippen LogP contribution in [-0.2, 0) is 47.7 Å². The van der Waals surface area contributed by atoms with E-state index in [0.717, 1.165) is 0 Å². The summed E-state index contributed by atoms with van der Waals surface area (Å²) in [6.07, 6.45) is -5.38. The van der Waals surface area contributed by atoms with Crippen LogP contribution in [0.5, 0.6) is 0 Å². The lowest BCUT2D eigenvalue weighted by Gasteiger charge is -2.29. The van der Waals surface area contributed by atoms with Crippen LogP contribution in [0.3, 0.4) is 0 Å². The first-order valence-electron chi connectivity index (χ1n) is 11.6. The summed E-state index contributed by atoms with van der Waals surface area (Å²) in [5.41, 5.74) is -2.84. The molecule has 210 valence electrons. The molecule has 0 aromatic heterocycles. The molecule has 0 bridgehead atoms. The quantitative estimate of drug-likeness (QED) is 0.0805. The van der Waals surface area contributed by atoms with Crippen LogP contribution in [-0.4, -0.2) is 120 Å². The molecule has 4 atom stereocenters. The first kappa shape index (κ1) is 31.7. The van der Waals surface area contributed by atoms with Gasteiger partial charge in [-0.2, -0.15) is 0 Å². The molecule has 1 aliphatic heterocycles. The average molecular weight is 536 g/mol. The fraction of sp³-hybridized carbons (Fsp3) is 0.727. The summed E-state index contributed by atoms with van der Waals surface area (Å²) in [5.74, 6) is -8.92. The third kappa shape index (κ3) is 10.7. The zero-order valence-electron chi connectivity index (χ0n) is 21.3. The smallest absolute Gasteiger partial charge is 0.377 e. The highest BCUT2D eigenvalue weighted by Gasteiger charge is 2.49. The molecule has 0 saturated carbocycles. The van der Waals surface area contributed by atoms with Crippen LogP contribution in [0.2, 0.25) is 0 Å². The summed E-state index contributed by atoms with van der Waals surface area (Å²) in [7, 11) is 5.42. The summed E-state index contributed by atoms with van der Waals surface area (Å²) in [6, 6.07) is -0.882. The highest BCUT2D eigenvalue weighted by molar-refractivity contribution is 5.92. The minimum absolute atomic E-state index is 0.105. The molecule has 15 nitrogen and oxygen atoms in total. The second-order valence-electron chi connectivity index (χ2n) is 9.50. The number of nitrogens with one attached hydrogen (secondary N) is 1. The normalized spacial score (nSPS) is 18.6. The van der Waals surface area contributed by atoms with Crippen molar-refractivity contribution in [3.8, 4) is 0 Å². The molecule has 1 aliphatic rings. The maximum atomic E-state index is 12.7. The largest absolute Gasteiger partial charge is 0.481 e. The first-order valence-corrected chi connectivity index (χ1v) is 11.6. The van der Waals surface area contributed by atoms with Crippen LogP contribution in [0.1, 0.15) is 39.0 Å². The van der Waals surface area contributed by atoms with Gasteiger partial charge in [0.1, 0.15) is 19.2 Å². The molecule has 4 N–H and O–H groups in total. The number of hydrogen-bond donors (Lipinski definition) is 4. The van der Waals surface area contributed by atoms with E-state index in [-0.39, 0.29) is 13.0 Å². The van der Waals surface area contributed by atoms with E-state index in [0.29, 0.717) is 30.4 Å². The molecule has 0 aromatic rings. The summed E-state index contributed by atoms with van der Waals surface area (Å²) < 4.78 is 20.5. The van der Waals surface area contributed by atoms with Gasteiger partial charge in [0.25, 0.3) is 0 Å². The lowest BCUT2D eigenvalue weighted by molar-refractivity contribution is -0.870. The van der Waals surface area contributed by atoms with Gasteiger partial charge in [0.05, 0.1) is 34.0 Å². The van der Waals surface area contributed by atoms with Gasteiger partial charge < -0.3 is 44.1 Å². The SMILES string of the molecule is CCC(OC(=O)C(OCC[N+](C)(C)C)OC(=O)CC(CC(=O)O)(OC(=O)[C@@H]1CCCN1)C(=O)O)C(=O)O. The molecular weight excluding hydrogens is 500 g/mol. The van der Waals surface area contributed by atoms with Gasteiger partial charge in [-0.1, -0.05) is 6.92 Å². The minimum atomic E-state index is -2.84. The standard InChI is InChI=1S/C22H34N2O13/c1-5-14(17(28)29)35-19(31)20(34-10-9-24(2,3)4)36-16(27)12-22(21(32)33,11-15(25)26)37-18(30)13-7-6-8-23-13/h13-14,20,23H,5-12H2,1-4H3,(H2-,25,26,28,29,32,33)/p+1/t13-,14?,20?,22?/m0/s1. The molecule has 1 saturated heterocycles. The number of likely N-dealkylation sites (N-methyl/N-ethyl adjacent to an activating group) is 1. The summed E-state index contributed by atoms with van der Waals surface area (Å²) in [6.45, 7) is 2.07. The molecule has 0 aliphatic carbocycles. The molecule has 1 rings (SSSR count). The molecule has 0 radical (unpaired) electrons. The number of rotatable bonds is 16. The van der Waals surface area contributed by atoms with E-state index in [1.54, 1.807) is 21.1 Å². The Kier molecular flexibility index (Phi) is 11.9. The van der Waals surface area contributed by atoms with Crippen molar-refractivity contribution in [1.29, 1.82) is 0 Å². The van der Waals surface area contributed by atoms with Crippen molar-refractivity contribution in [1.82, 2.24) is 5.32 Å². The van der Waals surface area contributed by atoms with Crippen molar-refractivity contribution in [3.63, 3.8) is 0 Å². The van der Waals surface area contributed by atoms with Crippen molar-refractivity contribution in [2.45, 2.75) is 63.1 Å². The Morgan fingerprint density at radius 3 is 2.14 bits per heavy atom. The van der Waals surface area contributed by atoms with Gasteiger partial charge in [-0.05, 0) is 25.8 Å². The van der Waals surface area contributed by atoms with E-state index in [1.807, 2.05) is 0 Å². The Labute approximate surface area is 213 Å². The van der Waals surface area contributed by atoms with Crippen LogP contribution in [0.15, 0.2) is 0 Å². The van der Waals surface area contributed by atoms with E-state index < -0.39 is 72.7 Å². The summed E-state index contributed by atoms with van der Waals surface area (Å²) >= 11 is 0. The van der Waals surface area contributed by atoms with E-state index in [1.165, 1.54) is 6.92 Å². The zero-order chi connectivity index (χ0) is 28.4. The van der Waals surface area contributed by atoms with Crippen molar-refractivity contribution >= 4 is 35.8 Å². The van der Waals surface area contributed by atoms with Gasteiger partial charge in [-0.15, -0.1) is 0 Å². The zero-order valence-corrected chi connectivity index (χ0v) is 21.3. The van der Waals surface area contributed by atoms with Crippen LogP contribution in [0, 0.1) is 0 Å². The maximum Gasteiger partial charge on any atom is 0.377 e. The van der Waals surface area contributed by atoms with Gasteiger partial charge in [0.15, 0.2) is 6.10 Å². The number of carboxylic acid groups (broad SMARTS) is 3. The minimum Gasteiger partial charge on any atom is -0.481 e. The van der Waals surface area contributed by atoms with E-state index >= 15 is 0 Å². The molecule has 37 heavy (non-hydrogen) atoms. The molecular formula is C22H35N2O13+. The topological polar surface area (TPSA) is 212 Å². The molecule has 0 amide bonds. The Bertz CT molecular complexity index is 863. The van der Waals surface area contributed by atoms with Crippen molar-refractivity contribution in [2.24, 2.45) is 0 Å². The second-order valence-corrected chi connectivity index (χ2v) is 9.50. The van der Waals surface area contributed by atoms with E-state index in [4.69, 9.17) is 24.1 Å². The van der Waals surface area contributed by atoms with Crippen LogP contribution < -0.4 is 5.32 Å². The lowest BCUT2D eigenvalue weighted by Crippen LogP contribution is -2.50. The molecule has 1 heterocycles. The average Bonchev–Trinajstić information content (AvgIpc) is 3.30. The predicted octanol–water partition coefficient (Wildman–Crippen LogP) is -1.03. The number of carboxylic acids is 3. The number of hydrogen-bond acceptors (Lipinski definition) is 11. The lowest BCUT2D eigenvalue weighted by atomic mass is 9.95. The first-order chi connectivity index (χ1) is 17.1. The highest BCUT2D eigenvalue weighted by Crippen LogP contribution is 2.25. The Morgan fingerprint density at radius 1 is 1.03 bits per heavy atom. The van der Waals surface area contributed by atoms with Gasteiger partial charge in [0, 0.05) is 0 Å². The van der Waals surface area contributed by atoms with Gasteiger partial charge in [0.2, 0.25) is 5.60 Å². The van der Waals surface area contributed by atoms with Gasteiger partial charge >= 0.3 is 42.1 Å². The van der Waals surface area contributed by atoms with Gasteiger partial charge in [-0.25, -0.2) is 14.4 Å². The number of nitrogens with zero attached hydrogens (tertiary/aromatic N) is 1. The third-order valence-corrected chi connectivity index (χ3v) is 5.26. The second kappa shape index (κ2) is 13.9. The maximum absolute atomic E-state index is 12.7. The number of aliphatic carboxylic acids is 3. The molecule has 1 fully saturated rings. The molecule has 0 aromatic carbocycles. The van der Waals surface area contributed by atoms with Crippen LogP contribution >= 0.6 is 0 Å². The predicted molar refractivity (Wildman–Crippen MR) is 121 cm³/mol. The number of quaternary nitrogens is 1. The number of carbonyl (C=O) groups excluding carboxylic acids is 3. The van der Waals surface area contributed by atoms with Gasteiger partial charge in [-0.3, -0.25) is 14.4 Å². The number of esters is 3. The van der Waals surface area contributed by atoms with Crippen molar-refractivity contribution in [2.75, 3.05) is 40.8 Å². The van der Waals surface area contributed by atoms with Crippen LogP contribution in [0.25, 0.3) is 0 Å². The van der Waals surface area contributed by atoms with Crippen LogP contribution in [0.4, 0.5) is 0 Å². The molecule has 3 unspecified atom stereocenters. The van der Waals surface area contributed by atoms with E-state index in [2.05, 4.69) is 5.32 Å². The summed E-state index contributed by atoms with van der Waals surface area (Å²) in [4.78, 5) is 72.4. The monoisotopic (exact) mass is 535 g/mol. The Morgan fingerprint density at radius 2 is 1.68 bits per heavy atom. The number of carbonyl (C=O) groups is 6. The number of ether oxygens (including phenoxy) is 4. The summed E-state index contributed by atoms with van der Waals surface area (Å²) in [5, 5.41) is 30.9. The molecule has 0 spiro atoms. The van der Waals surface area contributed by atoms with Crippen molar-refractivity contribution in [3.05, 3.63) is 0 Å². The van der Waals surface area contributed by atoms with E-state index in [9.17, 15) is 39.0 Å². The fourth-order valence-corrected chi connectivity index (χ4v) is 3.21.